The van der Waals surface area contributed by atoms with Gasteiger partial charge in [-0.2, -0.15) is 0 Å². The Kier molecular flexibility index (Phi) is 6.39. The Morgan fingerprint density at radius 1 is 1.18 bits per heavy atom. The number of rotatable bonds is 6. The molecule has 1 aliphatic heterocycles. The summed E-state index contributed by atoms with van der Waals surface area (Å²) in [5.41, 5.74) is 2.67. The maximum Gasteiger partial charge on any atom is 0.270 e. The van der Waals surface area contributed by atoms with E-state index < -0.39 is 0 Å². The number of hydrogen-bond donors (Lipinski definition) is 1. The van der Waals surface area contributed by atoms with Crippen LogP contribution in [0.4, 0.5) is 11.4 Å². The first kappa shape index (κ1) is 20.4. The summed E-state index contributed by atoms with van der Waals surface area (Å²) in [6, 6.07) is 12.7. The minimum absolute atomic E-state index is 0.164. The van der Waals surface area contributed by atoms with Crippen LogP contribution in [0.2, 0.25) is 0 Å². The topological polar surface area (TPSA) is 57.0 Å². The molecule has 2 aromatic carbocycles. The molecule has 1 saturated heterocycles. The number of thiocarbonyl (C=S) groups is 1. The first-order valence-electron chi connectivity index (χ1n) is 9.06. The molecule has 0 radical (unpaired) electrons. The summed E-state index contributed by atoms with van der Waals surface area (Å²) in [4.78, 5) is 16.4. The van der Waals surface area contributed by atoms with Crippen LogP contribution in [-0.2, 0) is 4.79 Å². The highest BCUT2D eigenvalue weighted by Gasteiger charge is 2.33. The fourth-order valence-corrected chi connectivity index (χ4v) is 4.42. The smallest absolute Gasteiger partial charge is 0.270 e. The third-order valence-corrected chi connectivity index (χ3v) is 5.97. The molecule has 1 aliphatic rings. The number of carbonyl (C=O) groups excluding carboxylic acids is 1. The van der Waals surface area contributed by atoms with Crippen molar-refractivity contribution in [3.05, 3.63) is 52.9 Å². The standard InChI is InChI=1S/C21H22N2O3S2/c1-4-22(5-2)15-7-9-16(10-8-15)23-20(25)19(28-21(23)27)13-14-6-11-17(24)18(12-14)26-3/h6-13,24H,4-5H2,1-3H3. The first-order valence-corrected chi connectivity index (χ1v) is 10.3. The molecule has 1 amide bonds. The summed E-state index contributed by atoms with van der Waals surface area (Å²) >= 11 is 6.69. The summed E-state index contributed by atoms with van der Waals surface area (Å²) < 4.78 is 5.56. The van der Waals surface area contributed by atoms with E-state index in [1.165, 1.54) is 35.5 Å². The van der Waals surface area contributed by atoms with Crippen molar-refractivity contribution in [2.75, 3.05) is 25.1 Å². The number of quaternary nitrogens is 1. The van der Waals surface area contributed by atoms with Crippen molar-refractivity contribution in [3.8, 4) is 11.5 Å². The van der Waals surface area contributed by atoms with Crippen molar-refractivity contribution in [3.63, 3.8) is 0 Å². The van der Waals surface area contributed by atoms with Gasteiger partial charge in [0, 0.05) is 12.1 Å². The fraction of sp³-hybridized carbons (Fsp3) is 0.238. The van der Waals surface area contributed by atoms with Crippen LogP contribution in [-0.4, -0.2) is 30.4 Å². The van der Waals surface area contributed by atoms with E-state index in [2.05, 4.69) is 13.8 Å². The molecule has 5 nitrogen and oxygen atoms in total. The van der Waals surface area contributed by atoms with Crippen LogP contribution < -0.4 is 19.6 Å². The number of anilines is 1. The number of amides is 1. The first-order chi connectivity index (χ1) is 13.5. The SMILES string of the molecule is CC[NH+](CC)c1ccc(N2C(=O)C(=Cc3ccc([O-])c(OC)c3)SC2=S)cc1. The molecule has 7 heteroatoms. The molecule has 28 heavy (non-hydrogen) atoms. The number of carbonyl (C=O) groups is 1. The predicted molar refractivity (Wildman–Crippen MR) is 116 cm³/mol. The highest BCUT2D eigenvalue weighted by atomic mass is 32.2. The molecule has 0 aromatic heterocycles. The van der Waals surface area contributed by atoms with Crippen molar-refractivity contribution in [2.45, 2.75) is 13.8 Å². The third-order valence-electron chi connectivity index (χ3n) is 4.67. The molecule has 1 heterocycles. The van der Waals surface area contributed by atoms with Crippen LogP contribution >= 0.6 is 24.0 Å². The highest BCUT2D eigenvalue weighted by Crippen LogP contribution is 2.37. The van der Waals surface area contributed by atoms with E-state index in [-0.39, 0.29) is 17.4 Å². The number of methoxy groups -OCH3 is 1. The second-order valence-corrected chi connectivity index (χ2v) is 7.96. The van der Waals surface area contributed by atoms with Crippen LogP contribution in [0.3, 0.4) is 0 Å². The molecule has 0 aliphatic carbocycles. The highest BCUT2D eigenvalue weighted by molar-refractivity contribution is 8.27. The van der Waals surface area contributed by atoms with E-state index in [1.54, 1.807) is 23.1 Å². The fourth-order valence-electron chi connectivity index (χ4n) is 3.12. The Balaban J connectivity index is 1.85. The second kappa shape index (κ2) is 8.77. The molecule has 2 aromatic rings. The Labute approximate surface area is 174 Å². The summed E-state index contributed by atoms with van der Waals surface area (Å²) in [5.74, 6) is -0.107. The van der Waals surface area contributed by atoms with Gasteiger partial charge in [0.05, 0.1) is 30.8 Å². The Morgan fingerprint density at radius 2 is 1.86 bits per heavy atom. The maximum absolute atomic E-state index is 12.9. The predicted octanol–water partition coefficient (Wildman–Crippen LogP) is 2.73. The van der Waals surface area contributed by atoms with Gasteiger partial charge in [-0.3, -0.25) is 9.69 Å². The average molecular weight is 415 g/mol. The van der Waals surface area contributed by atoms with Crippen molar-refractivity contribution >= 4 is 51.7 Å². The van der Waals surface area contributed by atoms with E-state index in [9.17, 15) is 9.90 Å². The molecular weight excluding hydrogens is 392 g/mol. The van der Waals surface area contributed by atoms with Crippen LogP contribution in [0.15, 0.2) is 47.4 Å². The molecule has 0 atom stereocenters. The van der Waals surface area contributed by atoms with E-state index in [1.807, 2.05) is 24.3 Å². The summed E-state index contributed by atoms with van der Waals surface area (Å²) in [5, 5.41) is 11.7. The number of thioether (sulfide) groups is 1. The zero-order valence-corrected chi connectivity index (χ0v) is 17.7. The number of nitrogens with one attached hydrogen (secondary N) is 1. The van der Waals surface area contributed by atoms with Gasteiger partial charge in [0.1, 0.15) is 11.4 Å². The monoisotopic (exact) mass is 414 g/mol. The zero-order chi connectivity index (χ0) is 20.3. The molecule has 1 fully saturated rings. The van der Waals surface area contributed by atoms with E-state index >= 15 is 0 Å². The minimum Gasteiger partial charge on any atom is -0.870 e. The van der Waals surface area contributed by atoms with Gasteiger partial charge < -0.3 is 14.7 Å². The van der Waals surface area contributed by atoms with Crippen LogP contribution in [0.5, 0.6) is 11.5 Å². The summed E-state index contributed by atoms with van der Waals surface area (Å²) in [6.07, 6.45) is 1.73. The molecule has 0 saturated carbocycles. The number of ether oxygens (including phenoxy) is 1. The molecule has 3 rings (SSSR count). The van der Waals surface area contributed by atoms with E-state index in [0.29, 0.717) is 9.23 Å². The Bertz CT molecular complexity index is 922. The van der Waals surface area contributed by atoms with Crippen LogP contribution in [0, 0.1) is 0 Å². The van der Waals surface area contributed by atoms with Crippen molar-refractivity contribution in [1.29, 1.82) is 0 Å². The summed E-state index contributed by atoms with van der Waals surface area (Å²) in [7, 11) is 1.45. The van der Waals surface area contributed by atoms with Crippen molar-refractivity contribution in [2.24, 2.45) is 0 Å². The average Bonchev–Trinajstić information content (AvgIpc) is 2.98. The Morgan fingerprint density at radius 3 is 2.46 bits per heavy atom. The maximum atomic E-state index is 12.9. The van der Waals surface area contributed by atoms with Gasteiger partial charge in [-0.25, -0.2) is 0 Å². The number of benzene rings is 2. The minimum atomic E-state index is -0.192. The van der Waals surface area contributed by atoms with Gasteiger partial charge in [0.15, 0.2) is 4.32 Å². The number of hydrogen-bond acceptors (Lipinski definition) is 5. The lowest BCUT2D eigenvalue weighted by Crippen LogP contribution is -3.06. The largest absolute Gasteiger partial charge is 0.870 e. The van der Waals surface area contributed by atoms with Crippen molar-refractivity contribution in [1.82, 2.24) is 0 Å². The lowest BCUT2D eigenvalue weighted by atomic mass is 10.2. The second-order valence-electron chi connectivity index (χ2n) is 6.28. The number of nitrogens with zero attached hydrogens (tertiary/aromatic N) is 1. The molecule has 1 N–H and O–H groups in total. The molecule has 0 unspecified atom stereocenters. The van der Waals surface area contributed by atoms with Crippen LogP contribution in [0.25, 0.3) is 6.08 Å². The lowest BCUT2D eigenvalue weighted by Gasteiger charge is -2.18. The van der Waals surface area contributed by atoms with E-state index in [0.717, 1.165) is 24.3 Å². The molecule has 146 valence electrons. The van der Waals surface area contributed by atoms with Gasteiger partial charge in [0.2, 0.25) is 0 Å². The third kappa shape index (κ3) is 4.06. The molecule has 0 spiro atoms. The van der Waals surface area contributed by atoms with Gasteiger partial charge >= 0.3 is 0 Å². The van der Waals surface area contributed by atoms with Gasteiger partial charge in [0.25, 0.3) is 5.91 Å². The molecule has 0 bridgehead atoms. The van der Waals surface area contributed by atoms with Gasteiger partial charge in [-0.1, -0.05) is 41.9 Å². The summed E-state index contributed by atoms with van der Waals surface area (Å²) in [6.45, 7) is 6.30. The van der Waals surface area contributed by atoms with Gasteiger partial charge in [-0.05, 0) is 43.7 Å². The van der Waals surface area contributed by atoms with E-state index in [4.69, 9.17) is 17.0 Å². The van der Waals surface area contributed by atoms with Crippen LogP contribution in [0.1, 0.15) is 19.4 Å². The lowest BCUT2D eigenvalue weighted by molar-refractivity contribution is -0.828. The zero-order valence-electron chi connectivity index (χ0n) is 16.0. The Hall–Kier alpha value is -2.35. The van der Waals surface area contributed by atoms with Crippen molar-refractivity contribution < 1.29 is 19.5 Å². The van der Waals surface area contributed by atoms with Gasteiger partial charge in [-0.15, -0.1) is 0 Å². The quantitative estimate of drug-likeness (QED) is 0.582. The molecular formula is C21H22N2O3S2. The normalized spacial score (nSPS) is 15.7.